The van der Waals surface area contributed by atoms with Gasteiger partial charge in [-0.25, -0.2) is 4.79 Å². The fourth-order valence-corrected chi connectivity index (χ4v) is 3.78. The van der Waals surface area contributed by atoms with Gasteiger partial charge in [0.05, 0.1) is 5.69 Å². The van der Waals surface area contributed by atoms with Gasteiger partial charge in [-0.2, -0.15) is 0 Å². The Morgan fingerprint density at radius 2 is 1.81 bits per heavy atom. The van der Waals surface area contributed by atoms with Crippen molar-refractivity contribution >= 4 is 29.3 Å². The summed E-state index contributed by atoms with van der Waals surface area (Å²) in [6.45, 7) is 2.25. The van der Waals surface area contributed by atoms with E-state index in [9.17, 15) is 9.59 Å². The highest BCUT2D eigenvalue weighted by molar-refractivity contribution is 8.00. The zero-order chi connectivity index (χ0) is 18.4. The van der Waals surface area contributed by atoms with Gasteiger partial charge in [-0.15, -0.1) is 11.8 Å². The molecule has 136 valence electrons. The number of para-hydroxylation sites is 2. The number of benzene rings is 2. The molecule has 1 aliphatic heterocycles. The first kappa shape index (κ1) is 18.3. The third-order valence-corrected chi connectivity index (χ3v) is 5.24. The van der Waals surface area contributed by atoms with E-state index in [-0.39, 0.29) is 19.1 Å². The summed E-state index contributed by atoms with van der Waals surface area (Å²) in [6, 6.07) is 16.8. The van der Waals surface area contributed by atoms with E-state index >= 15 is 0 Å². The molecule has 3 rings (SSSR count). The van der Waals surface area contributed by atoms with Crippen LogP contribution in [0.4, 0.5) is 5.69 Å². The maximum atomic E-state index is 12.6. The van der Waals surface area contributed by atoms with Crippen LogP contribution in [0.3, 0.4) is 0 Å². The number of nitrogens with zero attached hydrogens (tertiary/aromatic N) is 1. The smallest absolute Gasteiger partial charge is 0.344 e. The summed E-state index contributed by atoms with van der Waals surface area (Å²) in [5.41, 5.74) is 0.878. The van der Waals surface area contributed by atoms with Crippen molar-refractivity contribution in [1.82, 2.24) is 0 Å². The van der Waals surface area contributed by atoms with Crippen molar-refractivity contribution in [3.8, 4) is 5.75 Å². The molecule has 0 saturated carbocycles. The quantitative estimate of drug-likeness (QED) is 0.753. The average Bonchev–Trinajstić information content (AvgIpc) is 2.83. The Kier molecular flexibility index (Phi) is 6.17. The normalized spacial score (nSPS) is 16.3. The molecule has 1 unspecified atom stereocenters. The SMILES string of the molecule is CC1CCN(C(=O)COC(=O)COc2ccccc2)c2ccccc2S1. The second-order valence-electron chi connectivity index (χ2n) is 5.99. The predicted octanol–water partition coefficient (Wildman–Crippen LogP) is 3.53. The zero-order valence-corrected chi connectivity index (χ0v) is 15.4. The molecule has 0 aliphatic carbocycles. The summed E-state index contributed by atoms with van der Waals surface area (Å²) in [4.78, 5) is 27.2. The third kappa shape index (κ3) is 4.79. The van der Waals surface area contributed by atoms with Crippen LogP contribution in [-0.4, -0.2) is 36.9 Å². The topological polar surface area (TPSA) is 55.8 Å². The lowest BCUT2D eigenvalue weighted by Crippen LogP contribution is -2.36. The number of fused-ring (bicyclic) bond motifs is 1. The van der Waals surface area contributed by atoms with Crippen molar-refractivity contribution in [2.45, 2.75) is 23.5 Å². The molecular formula is C20H21NO4S. The van der Waals surface area contributed by atoms with Gasteiger partial charge in [-0.1, -0.05) is 37.3 Å². The van der Waals surface area contributed by atoms with Crippen LogP contribution < -0.4 is 9.64 Å². The van der Waals surface area contributed by atoms with Crippen LogP contribution in [0.2, 0.25) is 0 Å². The number of amides is 1. The number of esters is 1. The molecule has 1 heterocycles. The van der Waals surface area contributed by atoms with Crippen LogP contribution in [0.1, 0.15) is 13.3 Å². The highest BCUT2D eigenvalue weighted by atomic mass is 32.2. The van der Waals surface area contributed by atoms with E-state index < -0.39 is 5.97 Å². The molecule has 2 aromatic rings. The van der Waals surface area contributed by atoms with Gasteiger partial charge < -0.3 is 14.4 Å². The monoisotopic (exact) mass is 371 g/mol. The minimum Gasteiger partial charge on any atom is -0.482 e. The highest BCUT2D eigenvalue weighted by Crippen LogP contribution is 2.37. The molecule has 0 N–H and O–H groups in total. The minimum atomic E-state index is -0.562. The number of hydrogen-bond acceptors (Lipinski definition) is 5. The van der Waals surface area contributed by atoms with Gasteiger partial charge in [-0.05, 0) is 30.7 Å². The second kappa shape index (κ2) is 8.76. The average molecular weight is 371 g/mol. The molecule has 0 aromatic heterocycles. The molecule has 6 heteroatoms. The Morgan fingerprint density at radius 3 is 2.62 bits per heavy atom. The molecule has 0 saturated heterocycles. The molecule has 5 nitrogen and oxygen atoms in total. The fourth-order valence-electron chi connectivity index (χ4n) is 2.67. The first-order valence-electron chi connectivity index (χ1n) is 8.53. The lowest BCUT2D eigenvalue weighted by molar-refractivity contribution is -0.149. The van der Waals surface area contributed by atoms with Gasteiger partial charge in [0, 0.05) is 16.7 Å². The summed E-state index contributed by atoms with van der Waals surface area (Å²) in [6.07, 6.45) is 0.885. The van der Waals surface area contributed by atoms with Crippen LogP contribution in [0.25, 0.3) is 0 Å². The van der Waals surface area contributed by atoms with E-state index in [1.165, 1.54) is 0 Å². The van der Waals surface area contributed by atoms with Crippen molar-refractivity contribution < 1.29 is 19.1 Å². The van der Waals surface area contributed by atoms with Gasteiger partial charge in [0.15, 0.2) is 13.2 Å². The van der Waals surface area contributed by atoms with Crippen molar-refractivity contribution in [3.05, 3.63) is 54.6 Å². The van der Waals surface area contributed by atoms with Gasteiger partial charge in [0.2, 0.25) is 0 Å². The second-order valence-corrected chi connectivity index (χ2v) is 7.47. The number of thioether (sulfide) groups is 1. The number of hydrogen-bond donors (Lipinski definition) is 0. The number of rotatable bonds is 5. The summed E-state index contributed by atoms with van der Waals surface area (Å²) < 4.78 is 10.4. The molecule has 26 heavy (non-hydrogen) atoms. The first-order valence-corrected chi connectivity index (χ1v) is 9.41. The van der Waals surface area contributed by atoms with E-state index in [0.717, 1.165) is 17.0 Å². The predicted molar refractivity (Wildman–Crippen MR) is 102 cm³/mol. The molecule has 0 bridgehead atoms. The van der Waals surface area contributed by atoms with Gasteiger partial charge in [0.1, 0.15) is 5.75 Å². The molecular weight excluding hydrogens is 350 g/mol. The zero-order valence-electron chi connectivity index (χ0n) is 14.6. The Balaban J connectivity index is 1.55. The van der Waals surface area contributed by atoms with Crippen LogP contribution >= 0.6 is 11.8 Å². The van der Waals surface area contributed by atoms with Crippen LogP contribution in [0.5, 0.6) is 5.75 Å². The molecule has 0 fully saturated rings. The van der Waals surface area contributed by atoms with Gasteiger partial charge in [-0.3, -0.25) is 4.79 Å². The lowest BCUT2D eigenvalue weighted by atomic mass is 10.2. The summed E-state index contributed by atoms with van der Waals surface area (Å²) in [5, 5.41) is 0.427. The largest absolute Gasteiger partial charge is 0.482 e. The minimum absolute atomic E-state index is 0.221. The number of carbonyl (C=O) groups excluding carboxylic acids is 2. The highest BCUT2D eigenvalue weighted by Gasteiger charge is 2.24. The Bertz CT molecular complexity index is 765. The maximum absolute atomic E-state index is 12.6. The molecule has 2 aromatic carbocycles. The van der Waals surface area contributed by atoms with Gasteiger partial charge in [0.25, 0.3) is 5.91 Å². The Hall–Kier alpha value is -2.47. The third-order valence-electron chi connectivity index (χ3n) is 4.00. The molecule has 1 atom stereocenters. The molecule has 0 radical (unpaired) electrons. The standard InChI is InChI=1S/C20H21NO4S/c1-15-11-12-21(17-9-5-6-10-18(17)26-15)19(22)13-25-20(23)14-24-16-7-3-2-4-8-16/h2-10,15H,11-14H2,1H3. The molecule has 0 spiro atoms. The number of ether oxygens (including phenoxy) is 2. The fraction of sp³-hybridized carbons (Fsp3) is 0.300. The molecule has 1 aliphatic rings. The van der Waals surface area contributed by atoms with E-state index in [1.54, 1.807) is 28.8 Å². The van der Waals surface area contributed by atoms with Crippen LogP contribution in [0.15, 0.2) is 59.5 Å². The molecule has 1 amide bonds. The van der Waals surface area contributed by atoms with E-state index in [2.05, 4.69) is 6.92 Å². The van der Waals surface area contributed by atoms with Gasteiger partial charge >= 0.3 is 5.97 Å². The van der Waals surface area contributed by atoms with Crippen molar-refractivity contribution in [3.63, 3.8) is 0 Å². The lowest BCUT2D eigenvalue weighted by Gasteiger charge is -2.22. The summed E-state index contributed by atoms with van der Waals surface area (Å²) in [5.74, 6) is -0.198. The number of anilines is 1. The van der Waals surface area contributed by atoms with Crippen molar-refractivity contribution in [1.29, 1.82) is 0 Å². The maximum Gasteiger partial charge on any atom is 0.344 e. The van der Waals surface area contributed by atoms with E-state index in [1.807, 2.05) is 42.5 Å². The van der Waals surface area contributed by atoms with Crippen LogP contribution in [0, 0.1) is 0 Å². The Morgan fingerprint density at radius 1 is 1.08 bits per heavy atom. The first-order chi connectivity index (χ1) is 12.6. The van der Waals surface area contributed by atoms with Crippen molar-refractivity contribution in [2.24, 2.45) is 0 Å². The van der Waals surface area contributed by atoms with Crippen molar-refractivity contribution in [2.75, 3.05) is 24.7 Å². The summed E-state index contributed by atoms with van der Waals surface area (Å²) >= 11 is 1.76. The van der Waals surface area contributed by atoms with E-state index in [4.69, 9.17) is 9.47 Å². The van der Waals surface area contributed by atoms with Crippen LogP contribution in [-0.2, 0) is 14.3 Å². The summed E-state index contributed by atoms with van der Waals surface area (Å²) in [7, 11) is 0. The number of carbonyl (C=O) groups is 2. The van der Waals surface area contributed by atoms with E-state index in [0.29, 0.717) is 17.5 Å². The Labute approximate surface area is 157 Å².